The van der Waals surface area contributed by atoms with Crippen LogP contribution >= 0.6 is 0 Å². The Hall–Kier alpha value is -3.20. The van der Waals surface area contributed by atoms with Crippen molar-refractivity contribution in [3.8, 4) is 0 Å². The number of nitrogens with zero attached hydrogens (tertiary/aromatic N) is 5. The number of fused-ring (bicyclic) bond motifs is 1. The van der Waals surface area contributed by atoms with Crippen LogP contribution in [0.15, 0.2) is 24.3 Å². The van der Waals surface area contributed by atoms with E-state index in [1.807, 2.05) is 26.1 Å². The van der Waals surface area contributed by atoms with Crippen molar-refractivity contribution in [3.05, 3.63) is 41.1 Å². The average Bonchev–Trinajstić information content (AvgIpc) is 3.20. The fraction of sp³-hybridized carbons (Fsp3) is 0.429. The lowest BCUT2D eigenvalue weighted by atomic mass is 10.1. The van der Waals surface area contributed by atoms with Crippen molar-refractivity contribution in [2.45, 2.75) is 32.5 Å². The van der Waals surface area contributed by atoms with Crippen LogP contribution in [0.3, 0.4) is 0 Å². The third-order valence-corrected chi connectivity index (χ3v) is 5.84. The SMILES string of the molecule is CNCc1nc(N2CCC2)cc2c1CN(c1cccc(N3C(=O)OC[C@@H]3C)n1)C2=O. The smallest absolute Gasteiger partial charge is 0.415 e. The van der Waals surface area contributed by atoms with Crippen LogP contribution in [0.5, 0.6) is 0 Å². The molecule has 1 N–H and O–H groups in total. The third kappa shape index (κ3) is 2.97. The van der Waals surface area contributed by atoms with Crippen molar-refractivity contribution in [2.24, 2.45) is 0 Å². The minimum atomic E-state index is -0.414. The summed E-state index contributed by atoms with van der Waals surface area (Å²) in [5.74, 6) is 1.77. The molecule has 0 spiro atoms. The molecule has 2 saturated heterocycles. The molecule has 9 heteroatoms. The molecule has 5 rings (SSSR count). The van der Waals surface area contributed by atoms with Crippen LogP contribution in [0.1, 0.15) is 35.0 Å². The maximum atomic E-state index is 13.3. The van der Waals surface area contributed by atoms with E-state index >= 15 is 0 Å². The molecule has 3 aliphatic heterocycles. The lowest BCUT2D eigenvalue weighted by Gasteiger charge is -2.32. The van der Waals surface area contributed by atoms with Crippen LogP contribution in [0.4, 0.5) is 22.2 Å². The maximum absolute atomic E-state index is 13.3. The predicted octanol–water partition coefficient (Wildman–Crippen LogP) is 1.91. The molecule has 2 fully saturated rings. The normalized spacial score (nSPS) is 20.5. The van der Waals surface area contributed by atoms with Gasteiger partial charge in [0.15, 0.2) is 0 Å². The van der Waals surface area contributed by atoms with Crippen LogP contribution in [0, 0.1) is 0 Å². The second-order valence-electron chi connectivity index (χ2n) is 7.87. The fourth-order valence-electron chi connectivity index (χ4n) is 4.09. The van der Waals surface area contributed by atoms with E-state index < -0.39 is 6.09 Å². The summed E-state index contributed by atoms with van der Waals surface area (Å²) in [6, 6.07) is 7.17. The highest BCUT2D eigenvalue weighted by molar-refractivity contribution is 6.10. The molecule has 156 valence electrons. The highest BCUT2D eigenvalue weighted by Crippen LogP contribution is 2.33. The van der Waals surface area contributed by atoms with Crippen LogP contribution in [-0.2, 0) is 17.8 Å². The molecule has 1 atom stereocenters. The van der Waals surface area contributed by atoms with Gasteiger partial charge in [-0.2, -0.15) is 0 Å². The van der Waals surface area contributed by atoms with Crippen LogP contribution in [-0.4, -0.2) is 54.8 Å². The Kier molecular flexibility index (Phi) is 4.54. The maximum Gasteiger partial charge on any atom is 0.415 e. The van der Waals surface area contributed by atoms with Crippen molar-refractivity contribution >= 4 is 29.5 Å². The van der Waals surface area contributed by atoms with E-state index in [1.54, 1.807) is 17.0 Å². The van der Waals surface area contributed by atoms with E-state index in [1.165, 1.54) is 4.90 Å². The number of carbonyl (C=O) groups excluding carboxylic acids is 2. The number of hydrogen-bond donors (Lipinski definition) is 1. The van der Waals surface area contributed by atoms with Crippen LogP contribution < -0.4 is 20.0 Å². The van der Waals surface area contributed by atoms with Crippen LogP contribution in [0.2, 0.25) is 0 Å². The second-order valence-corrected chi connectivity index (χ2v) is 7.87. The van der Waals surface area contributed by atoms with E-state index in [2.05, 4.69) is 15.2 Å². The summed E-state index contributed by atoms with van der Waals surface area (Å²) >= 11 is 0. The van der Waals surface area contributed by atoms with E-state index in [9.17, 15) is 9.59 Å². The summed E-state index contributed by atoms with van der Waals surface area (Å²) in [5, 5.41) is 3.16. The first-order valence-electron chi connectivity index (χ1n) is 10.2. The number of pyridine rings is 2. The van der Waals surface area contributed by atoms with Gasteiger partial charge >= 0.3 is 6.09 Å². The molecular weight excluding hydrogens is 384 g/mol. The molecule has 2 aromatic heterocycles. The number of anilines is 3. The van der Waals surface area contributed by atoms with Gasteiger partial charge in [0, 0.05) is 25.2 Å². The average molecular weight is 408 g/mol. The number of rotatable bonds is 5. The number of nitrogens with one attached hydrogen (secondary N) is 1. The van der Waals surface area contributed by atoms with Gasteiger partial charge in [-0.1, -0.05) is 6.07 Å². The monoisotopic (exact) mass is 408 g/mol. The molecule has 2 amide bonds. The van der Waals surface area contributed by atoms with Gasteiger partial charge in [0.05, 0.1) is 23.8 Å². The number of ether oxygens (including phenoxy) is 1. The highest BCUT2D eigenvalue weighted by atomic mass is 16.6. The van der Waals surface area contributed by atoms with Gasteiger partial charge in [0.1, 0.15) is 24.1 Å². The molecule has 9 nitrogen and oxygen atoms in total. The molecule has 2 aromatic rings. The van der Waals surface area contributed by atoms with E-state index in [0.29, 0.717) is 36.9 Å². The van der Waals surface area contributed by atoms with Gasteiger partial charge in [-0.25, -0.2) is 14.8 Å². The number of hydrogen-bond acceptors (Lipinski definition) is 7. The molecule has 0 bridgehead atoms. The van der Waals surface area contributed by atoms with Gasteiger partial charge in [0.25, 0.3) is 5.91 Å². The standard InChI is InChI=1S/C21H24N6O3/c1-13-12-30-21(29)27(13)18-6-3-5-17(24-18)26-11-15-14(20(26)28)9-19(25-7-4-8-25)23-16(15)10-22-2/h3,5-6,9,13,22H,4,7-8,10-12H2,1-2H3/t13-/m0/s1. The summed E-state index contributed by atoms with van der Waals surface area (Å²) in [6.07, 6.45) is 0.733. The largest absolute Gasteiger partial charge is 0.447 e. The first kappa shape index (κ1) is 18.8. The molecular formula is C21H24N6O3. The van der Waals surface area contributed by atoms with E-state index in [4.69, 9.17) is 9.72 Å². The lowest BCUT2D eigenvalue weighted by molar-refractivity contribution is 0.0996. The first-order valence-corrected chi connectivity index (χ1v) is 10.2. The van der Waals surface area contributed by atoms with Crippen molar-refractivity contribution in [3.63, 3.8) is 0 Å². The van der Waals surface area contributed by atoms with Crippen molar-refractivity contribution < 1.29 is 14.3 Å². The fourth-order valence-corrected chi connectivity index (χ4v) is 4.09. The first-order chi connectivity index (χ1) is 14.6. The molecule has 0 aromatic carbocycles. The van der Waals surface area contributed by atoms with Gasteiger partial charge in [-0.3, -0.25) is 14.6 Å². The zero-order valence-corrected chi connectivity index (χ0v) is 17.1. The van der Waals surface area contributed by atoms with E-state index in [0.717, 1.165) is 36.6 Å². The quantitative estimate of drug-likeness (QED) is 0.808. The summed E-state index contributed by atoms with van der Waals surface area (Å²) in [5.41, 5.74) is 2.50. The van der Waals surface area contributed by atoms with E-state index in [-0.39, 0.29) is 11.9 Å². The number of amides is 2. The second kappa shape index (κ2) is 7.24. The molecule has 0 unspecified atom stereocenters. The Morgan fingerprint density at radius 1 is 1.17 bits per heavy atom. The summed E-state index contributed by atoms with van der Waals surface area (Å²) < 4.78 is 5.11. The highest BCUT2D eigenvalue weighted by Gasteiger charge is 2.35. The number of cyclic esters (lactones) is 1. The number of aromatic nitrogens is 2. The summed E-state index contributed by atoms with van der Waals surface area (Å²) in [6.45, 7) is 5.18. The molecule has 0 radical (unpaired) electrons. The topological polar surface area (TPSA) is 90.9 Å². The van der Waals surface area contributed by atoms with Gasteiger partial charge in [-0.15, -0.1) is 0 Å². The minimum absolute atomic E-state index is 0.0896. The molecule has 3 aliphatic rings. The van der Waals surface area contributed by atoms with Gasteiger partial charge in [-0.05, 0) is 38.6 Å². The predicted molar refractivity (Wildman–Crippen MR) is 112 cm³/mol. The Balaban J connectivity index is 1.49. The molecule has 0 saturated carbocycles. The summed E-state index contributed by atoms with van der Waals surface area (Å²) in [4.78, 5) is 40.2. The third-order valence-electron chi connectivity index (χ3n) is 5.84. The van der Waals surface area contributed by atoms with Crippen molar-refractivity contribution in [2.75, 3.05) is 41.4 Å². The molecule has 5 heterocycles. The van der Waals surface area contributed by atoms with Crippen molar-refractivity contribution in [1.29, 1.82) is 0 Å². The van der Waals surface area contributed by atoms with Gasteiger partial charge in [0.2, 0.25) is 0 Å². The Morgan fingerprint density at radius 3 is 2.63 bits per heavy atom. The molecule has 0 aliphatic carbocycles. The molecule has 30 heavy (non-hydrogen) atoms. The van der Waals surface area contributed by atoms with Crippen LogP contribution in [0.25, 0.3) is 0 Å². The Morgan fingerprint density at radius 2 is 1.97 bits per heavy atom. The summed E-state index contributed by atoms with van der Waals surface area (Å²) in [7, 11) is 1.88. The zero-order valence-electron chi connectivity index (χ0n) is 17.1. The Bertz CT molecular complexity index is 1020. The minimum Gasteiger partial charge on any atom is -0.447 e. The number of carbonyl (C=O) groups is 2. The zero-order chi connectivity index (χ0) is 20.8. The lowest BCUT2D eigenvalue weighted by Crippen LogP contribution is -2.38. The Labute approximate surface area is 174 Å². The van der Waals surface area contributed by atoms with Crippen molar-refractivity contribution in [1.82, 2.24) is 15.3 Å². The van der Waals surface area contributed by atoms with Gasteiger partial charge < -0.3 is 15.0 Å².